The number of hydrogen-bond donors (Lipinski definition) is 1. The third kappa shape index (κ3) is 3.53. The monoisotopic (exact) mass is 235 g/mol. The van der Waals surface area contributed by atoms with Gasteiger partial charge in [0.1, 0.15) is 0 Å². The third-order valence-electron chi connectivity index (χ3n) is 3.26. The predicted octanol–water partition coefficient (Wildman–Crippen LogP) is 2.27. The lowest BCUT2D eigenvalue weighted by molar-refractivity contribution is -0.0224. The van der Waals surface area contributed by atoms with Gasteiger partial charge in [-0.25, -0.2) is 0 Å². The van der Waals surface area contributed by atoms with Crippen LogP contribution in [0.1, 0.15) is 31.4 Å². The highest BCUT2D eigenvalue weighted by molar-refractivity contribution is 5.19. The normalized spacial score (nSPS) is 23.5. The molecule has 1 aromatic carbocycles. The molecule has 0 bridgehead atoms. The highest BCUT2D eigenvalue weighted by atomic mass is 16.5. The Morgan fingerprint density at radius 2 is 2.18 bits per heavy atom. The summed E-state index contributed by atoms with van der Waals surface area (Å²) in [6.45, 7) is 3.54. The van der Waals surface area contributed by atoms with Crippen LogP contribution in [-0.2, 0) is 9.47 Å². The molecule has 0 spiro atoms. The third-order valence-corrected chi connectivity index (χ3v) is 3.26. The van der Waals surface area contributed by atoms with Gasteiger partial charge in [-0.15, -0.1) is 0 Å². The highest BCUT2D eigenvalue weighted by Crippen LogP contribution is 2.18. The van der Waals surface area contributed by atoms with Crippen molar-refractivity contribution in [3.05, 3.63) is 35.9 Å². The molecule has 2 rings (SSSR count). The molecule has 2 N–H and O–H groups in total. The van der Waals surface area contributed by atoms with Crippen LogP contribution in [0.2, 0.25) is 0 Å². The van der Waals surface area contributed by atoms with Crippen LogP contribution in [0.5, 0.6) is 0 Å². The molecule has 17 heavy (non-hydrogen) atoms. The van der Waals surface area contributed by atoms with Crippen LogP contribution >= 0.6 is 0 Å². The Kier molecular flexibility index (Phi) is 4.54. The van der Waals surface area contributed by atoms with Gasteiger partial charge in [-0.05, 0) is 25.3 Å². The molecule has 0 amide bonds. The zero-order valence-corrected chi connectivity index (χ0v) is 10.3. The molecule has 0 aliphatic carbocycles. The van der Waals surface area contributed by atoms with Crippen LogP contribution < -0.4 is 5.73 Å². The van der Waals surface area contributed by atoms with Crippen molar-refractivity contribution >= 4 is 0 Å². The summed E-state index contributed by atoms with van der Waals surface area (Å²) in [6, 6.07) is 10.0. The van der Waals surface area contributed by atoms with Gasteiger partial charge in [0, 0.05) is 6.61 Å². The van der Waals surface area contributed by atoms with E-state index in [4.69, 9.17) is 15.2 Å². The molecule has 1 heterocycles. The van der Waals surface area contributed by atoms with Crippen molar-refractivity contribution < 1.29 is 9.47 Å². The Bertz CT molecular complexity index is 322. The van der Waals surface area contributed by atoms with Crippen molar-refractivity contribution in [1.82, 2.24) is 0 Å². The van der Waals surface area contributed by atoms with Crippen LogP contribution in [-0.4, -0.2) is 25.4 Å². The largest absolute Gasteiger partial charge is 0.376 e. The fourth-order valence-corrected chi connectivity index (χ4v) is 2.08. The zero-order chi connectivity index (χ0) is 12.1. The topological polar surface area (TPSA) is 44.5 Å². The molecule has 3 heteroatoms. The molecule has 3 nitrogen and oxygen atoms in total. The molecule has 3 atom stereocenters. The summed E-state index contributed by atoms with van der Waals surface area (Å²) in [7, 11) is 0. The van der Waals surface area contributed by atoms with Crippen LogP contribution in [0.15, 0.2) is 30.3 Å². The first-order valence-electron chi connectivity index (χ1n) is 6.31. The summed E-state index contributed by atoms with van der Waals surface area (Å²) in [5, 5.41) is 0. The van der Waals surface area contributed by atoms with E-state index in [2.05, 4.69) is 0 Å². The first-order valence-corrected chi connectivity index (χ1v) is 6.31. The smallest absolute Gasteiger partial charge is 0.0809 e. The van der Waals surface area contributed by atoms with Gasteiger partial charge in [0.2, 0.25) is 0 Å². The fourth-order valence-electron chi connectivity index (χ4n) is 2.08. The van der Waals surface area contributed by atoms with Crippen molar-refractivity contribution in [1.29, 1.82) is 0 Å². The van der Waals surface area contributed by atoms with Gasteiger partial charge < -0.3 is 15.2 Å². The van der Waals surface area contributed by atoms with Crippen molar-refractivity contribution in [3.8, 4) is 0 Å². The van der Waals surface area contributed by atoms with Gasteiger partial charge in [0.05, 0.1) is 24.9 Å². The fraction of sp³-hybridized carbons (Fsp3) is 0.571. The second-order valence-corrected chi connectivity index (χ2v) is 4.61. The Balaban J connectivity index is 1.80. The molecule has 1 aliphatic heterocycles. The number of benzene rings is 1. The van der Waals surface area contributed by atoms with E-state index in [0.717, 1.165) is 25.0 Å². The molecule has 1 aliphatic rings. The number of rotatable bonds is 5. The maximum atomic E-state index is 6.16. The van der Waals surface area contributed by atoms with E-state index in [1.165, 1.54) is 0 Å². The minimum atomic E-state index is -0.0717. The van der Waals surface area contributed by atoms with E-state index >= 15 is 0 Å². The maximum Gasteiger partial charge on any atom is 0.0809 e. The summed E-state index contributed by atoms with van der Waals surface area (Å²) in [6.07, 6.45) is 2.53. The number of hydrogen-bond acceptors (Lipinski definition) is 3. The summed E-state index contributed by atoms with van der Waals surface area (Å²) in [5.41, 5.74) is 7.28. The average Bonchev–Trinajstić information content (AvgIpc) is 2.89. The molecule has 1 saturated heterocycles. The van der Waals surface area contributed by atoms with E-state index in [1.807, 2.05) is 37.3 Å². The van der Waals surface area contributed by atoms with E-state index in [1.54, 1.807) is 0 Å². The van der Waals surface area contributed by atoms with Gasteiger partial charge in [-0.2, -0.15) is 0 Å². The molecule has 0 aromatic heterocycles. The minimum Gasteiger partial charge on any atom is -0.376 e. The summed E-state index contributed by atoms with van der Waals surface area (Å²) >= 11 is 0. The lowest BCUT2D eigenvalue weighted by Gasteiger charge is -2.22. The van der Waals surface area contributed by atoms with Crippen LogP contribution in [0, 0.1) is 0 Å². The van der Waals surface area contributed by atoms with Crippen LogP contribution in [0.4, 0.5) is 0 Å². The number of ether oxygens (including phenoxy) is 2. The Morgan fingerprint density at radius 1 is 1.41 bits per heavy atom. The van der Waals surface area contributed by atoms with E-state index < -0.39 is 0 Å². The summed E-state index contributed by atoms with van der Waals surface area (Å²) in [5.74, 6) is 0. The predicted molar refractivity (Wildman–Crippen MR) is 67.8 cm³/mol. The number of nitrogens with two attached hydrogens (primary N) is 1. The SMILES string of the molecule is CC(OCC1CCCO1)C(N)c1ccccc1. The summed E-state index contributed by atoms with van der Waals surface area (Å²) < 4.78 is 11.3. The minimum absolute atomic E-state index is 0.0154. The standard InChI is InChI=1S/C14H21NO2/c1-11(17-10-13-8-5-9-16-13)14(15)12-6-3-2-4-7-12/h2-4,6-7,11,13-14H,5,8-10,15H2,1H3. The van der Waals surface area contributed by atoms with Crippen molar-refractivity contribution in [2.75, 3.05) is 13.2 Å². The van der Waals surface area contributed by atoms with Crippen LogP contribution in [0.25, 0.3) is 0 Å². The van der Waals surface area contributed by atoms with Gasteiger partial charge in [-0.3, -0.25) is 0 Å². The molecular weight excluding hydrogens is 214 g/mol. The lowest BCUT2D eigenvalue weighted by Crippen LogP contribution is -2.29. The first kappa shape index (κ1) is 12.6. The Hall–Kier alpha value is -0.900. The first-order chi connectivity index (χ1) is 8.27. The molecule has 94 valence electrons. The van der Waals surface area contributed by atoms with Crippen LogP contribution in [0.3, 0.4) is 0 Å². The van der Waals surface area contributed by atoms with E-state index in [0.29, 0.717) is 6.61 Å². The maximum absolute atomic E-state index is 6.16. The zero-order valence-electron chi connectivity index (χ0n) is 10.3. The van der Waals surface area contributed by atoms with E-state index in [9.17, 15) is 0 Å². The van der Waals surface area contributed by atoms with Crippen molar-refractivity contribution in [2.24, 2.45) is 5.73 Å². The quantitative estimate of drug-likeness (QED) is 0.851. The average molecular weight is 235 g/mol. The summed E-state index contributed by atoms with van der Waals surface area (Å²) in [4.78, 5) is 0. The molecule has 1 fully saturated rings. The second-order valence-electron chi connectivity index (χ2n) is 4.61. The molecule has 1 aromatic rings. The van der Waals surface area contributed by atoms with Gasteiger partial charge in [0.25, 0.3) is 0 Å². The lowest BCUT2D eigenvalue weighted by atomic mass is 10.0. The molecule has 0 radical (unpaired) electrons. The molecule has 3 unspecified atom stereocenters. The van der Waals surface area contributed by atoms with Crippen molar-refractivity contribution in [2.45, 2.75) is 38.0 Å². The van der Waals surface area contributed by atoms with Gasteiger partial charge in [-0.1, -0.05) is 30.3 Å². The second kappa shape index (κ2) is 6.15. The molecular formula is C14H21NO2. The Morgan fingerprint density at radius 3 is 2.82 bits per heavy atom. The molecule has 0 saturated carbocycles. The van der Waals surface area contributed by atoms with Crippen molar-refractivity contribution in [3.63, 3.8) is 0 Å². The van der Waals surface area contributed by atoms with Gasteiger partial charge in [0.15, 0.2) is 0 Å². The highest BCUT2D eigenvalue weighted by Gasteiger charge is 2.20. The Labute approximate surface area is 103 Å². The van der Waals surface area contributed by atoms with Gasteiger partial charge >= 0.3 is 0 Å². The van der Waals surface area contributed by atoms with E-state index in [-0.39, 0.29) is 18.2 Å².